The van der Waals surface area contributed by atoms with E-state index in [1.54, 1.807) is 0 Å². The highest BCUT2D eigenvalue weighted by molar-refractivity contribution is 14.0. The quantitative estimate of drug-likeness (QED) is 0.322. The van der Waals surface area contributed by atoms with Crippen LogP contribution in [0, 0.1) is 0 Å². The number of halogens is 1. The Hall–Kier alpha value is -1.35. The Morgan fingerprint density at radius 2 is 1.77 bits per heavy atom. The van der Waals surface area contributed by atoms with E-state index in [2.05, 4.69) is 52.1 Å². The molecule has 0 saturated heterocycles. The molecular weight excluding hydrogens is 441 g/mol. The molecule has 6 nitrogen and oxygen atoms in total. The number of aliphatic imine (C=N–C) groups is 1. The topological polar surface area (TPSA) is 68.8 Å². The molecule has 26 heavy (non-hydrogen) atoms. The Morgan fingerprint density at radius 3 is 2.27 bits per heavy atom. The van der Waals surface area contributed by atoms with E-state index in [-0.39, 0.29) is 48.0 Å². The van der Waals surface area contributed by atoms with Gasteiger partial charge in [0.25, 0.3) is 0 Å². The van der Waals surface area contributed by atoms with E-state index in [0.29, 0.717) is 12.5 Å². The van der Waals surface area contributed by atoms with Gasteiger partial charge in [-0.05, 0) is 47.4 Å². The SMILES string of the molecule is CCNC(=NCC(=O)NC(C)(C)C)NCC(c1ccccc1)N(C)C.I. The minimum absolute atomic E-state index is 0. The van der Waals surface area contributed by atoms with Crippen LogP contribution in [0.1, 0.15) is 39.3 Å². The summed E-state index contributed by atoms with van der Waals surface area (Å²) in [6.07, 6.45) is 0. The third-order valence-corrected chi connectivity index (χ3v) is 3.51. The second-order valence-electron chi connectivity index (χ2n) is 7.26. The number of guanidine groups is 1. The van der Waals surface area contributed by atoms with Crippen LogP contribution in [0.4, 0.5) is 0 Å². The zero-order chi connectivity index (χ0) is 18.9. The van der Waals surface area contributed by atoms with Crippen molar-refractivity contribution >= 4 is 35.8 Å². The third kappa shape index (κ3) is 9.96. The van der Waals surface area contributed by atoms with Gasteiger partial charge in [0.05, 0.1) is 6.04 Å². The number of carbonyl (C=O) groups is 1. The largest absolute Gasteiger partial charge is 0.357 e. The summed E-state index contributed by atoms with van der Waals surface area (Å²) < 4.78 is 0. The summed E-state index contributed by atoms with van der Waals surface area (Å²) in [6, 6.07) is 10.6. The fraction of sp³-hybridized carbons (Fsp3) is 0.579. The summed E-state index contributed by atoms with van der Waals surface area (Å²) >= 11 is 0. The number of rotatable bonds is 7. The van der Waals surface area contributed by atoms with Crippen molar-refractivity contribution in [3.63, 3.8) is 0 Å². The lowest BCUT2D eigenvalue weighted by atomic mass is 10.1. The van der Waals surface area contributed by atoms with E-state index in [1.807, 2.05) is 45.9 Å². The van der Waals surface area contributed by atoms with Gasteiger partial charge in [0.2, 0.25) is 5.91 Å². The van der Waals surface area contributed by atoms with E-state index >= 15 is 0 Å². The van der Waals surface area contributed by atoms with Crippen molar-refractivity contribution in [2.45, 2.75) is 39.3 Å². The van der Waals surface area contributed by atoms with Crippen molar-refractivity contribution in [1.29, 1.82) is 0 Å². The maximum absolute atomic E-state index is 12.0. The monoisotopic (exact) mass is 475 g/mol. The van der Waals surface area contributed by atoms with Crippen LogP contribution in [0.25, 0.3) is 0 Å². The fourth-order valence-corrected chi connectivity index (χ4v) is 2.42. The maximum atomic E-state index is 12.0. The van der Waals surface area contributed by atoms with E-state index in [1.165, 1.54) is 5.56 Å². The molecule has 0 aliphatic heterocycles. The van der Waals surface area contributed by atoms with Gasteiger partial charge in [-0.1, -0.05) is 30.3 Å². The summed E-state index contributed by atoms with van der Waals surface area (Å²) in [5, 5.41) is 9.44. The number of nitrogens with one attached hydrogen (secondary N) is 3. The van der Waals surface area contributed by atoms with Gasteiger partial charge in [-0.2, -0.15) is 0 Å². The van der Waals surface area contributed by atoms with Gasteiger partial charge in [-0.25, -0.2) is 4.99 Å². The predicted molar refractivity (Wildman–Crippen MR) is 120 cm³/mol. The highest BCUT2D eigenvalue weighted by Gasteiger charge is 2.15. The molecule has 0 bridgehead atoms. The Morgan fingerprint density at radius 1 is 1.15 bits per heavy atom. The maximum Gasteiger partial charge on any atom is 0.242 e. The lowest BCUT2D eigenvalue weighted by Crippen LogP contribution is -2.44. The standard InChI is InChI=1S/C19H33N5O.HI/c1-7-20-18(22-14-17(25)23-19(2,3)4)21-13-16(24(5)6)15-11-9-8-10-12-15;/h8-12,16H,7,13-14H2,1-6H3,(H,23,25)(H2,20,21,22);1H. The predicted octanol–water partition coefficient (Wildman–Crippen LogP) is 2.38. The van der Waals surface area contributed by atoms with Gasteiger partial charge in [0.15, 0.2) is 5.96 Å². The summed E-state index contributed by atoms with van der Waals surface area (Å²) in [6.45, 7) is 9.42. The first-order valence-corrected chi connectivity index (χ1v) is 8.77. The first-order chi connectivity index (χ1) is 11.7. The number of hydrogen-bond acceptors (Lipinski definition) is 3. The van der Waals surface area contributed by atoms with E-state index in [4.69, 9.17) is 0 Å². The molecule has 0 fully saturated rings. The average molecular weight is 475 g/mol. The van der Waals surface area contributed by atoms with Gasteiger partial charge in [0, 0.05) is 18.6 Å². The van der Waals surface area contributed by atoms with Gasteiger partial charge < -0.3 is 20.9 Å². The third-order valence-electron chi connectivity index (χ3n) is 3.51. The van der Waals surface area contributed by atoms with Crippen LogP contribution < -0.4 is 16.0 Å². The highest BCUT2D eigenvalue weighted by Crippen LogP contribution is 2.16. The van der Waals surface area contributed by atoms with Crippen LogP contribution in [0.15, 0.2) is 35.3 Å². The highest BCUT2D eigenvalue weighted by atomic mass is 127. The number of amides is 1. The first kappa shape index (κ1) is 24.7. The van der Waals surface area contributed by atoms with E-state index in [9.17, 15) is 4.79 Å². The molecule has 0 radical (unpaired) electrons. The zero-order valence-electron chi connectivity index (χ0n) is 16.8. The smallest absolute Gasteiger partial charge is 0.242 e. The first-order valence-electron chi connectivity index (χ1n) is 8.77. The van der Waals surface area contributed by atoms with E-state index in [0.717, 1.165) is 6.54 Å². The minimum atomic E-state index is -0.248. The number of benzene rings is 1. The van der Waals surface area contributed by atoms with Crippen molar-refractivity contribution in [2.75, 3.05) is 33.7 Å². The summed E-state index contributed by atoms with van der Waals surface area (Å²) in [5.41, 5.74) is 0.989. The molecule has 148 valence electrons. The Labute approximate surface area is 175 Å². The molecule has 1 unspecified atom stereocenters. The molecule has 7 heteroatoms. The van der Waals surface area contributed by atoms with E-state index < -0.39 is 0 Å². The number of nitrogens with zero attached hydrogens (tertiary/aromatic N) is 2. The summed E-state index contributed by atoms with van der Waals surface area (Å²) in [4.78, 5) is 18.5. The second-order valence-corrected chi connectivity index (χ2v) is 7.26. The number of hydrogen-bond donors (Lipinski definition) is 3. The van der Waals surface area contributed by atoms with Crippen LogP contribution in [-0.4, -0.2) is 56.0 Å². The van der Waals surface area contributed by atoms with Gasteiger partial charge >= 0.3 is 0 Å². The van der Waals surface area contributed by atoms with Gasteiger partial charge in [0.1, 0.15) is 6.54 Å². The molecule has 0 heterocycles. The van der Waals surface area contributed by atoms with Gasteiger partial charge in [-0.3, -0.25) is 4.79 Å². The molecule has 0 aliphatic rings. The summed E-state index contributed by atoms with van der Waals surface area (Å²) in [7, 11) is 4.11. The van der Waals surface area contributed by atoms with Crippen LogP contribution in [0.2, 0.25) is 0 Å². The summed E-state index contributed by atoms with van der Waals surface area (Å²) in [5.74, 6) is 0.561. The van der Waals surface area contributed by atoms with Crippen molar-refractivity contribution in [1.82, 2.24) is 20.9 Å². The van der Waals surface area contributed by atoms with Crippen LogP contribution in [0.5, 0.6) is 0 Å². The lowest BCUT2D eigenvalue weighted by Gasteiger charge is -2.26. The van der Waals surface area contributed by atoms with Crippen LogP contribution >= 0.6 is 24.0 Å². The molecule has 3 N–H and O–H groups in total. The van der Waals surface area contributed by atoms with Crippen molar-refractivity contribution in [3.8, 4) is 0 Å². The fourth-order valence-electron chi connectivity index (χ4n) is 2.42. The number of likely N-dealkylation sites (N-methyl/N-ethyl adjacent to an activating group) is 1. The molecule has 1 amide bonds. The Balaban J connectivity index is 0.00000625. The van der Waals surface area contributed by atoms with Crippen molar-refractivity contribution < 1.29 is 4.79 Å². The minimum Gasteiger partial charge on any atom is -0.357 e. The zero-order valence-corrected chi connectivity index (χ0v) is 19.1. The molecule has 0 aromatic heterocycles. The van der Waals surface area contributed by atoms with Crippen LogP contribution in [0.3, 0.4) is 0 Å². The van der Waals surface area contributed by atoms with Crippen LogP contribution in [-0.2, 0) is 4.79 Å². The Kier molecular flexibility index (Phi) is 11.5. The molecule has 1 aromatic rings. The molecule has 0 saturated carbocycles. The molecule has 0 aliphatic carbocycles. The lowest BCUT2D eigenvalue weighted by molar-refractivity contribution is -0.121. The molecule has 0 spiro atoms. The second kappa shape index (κ2) is 12.1. The molecule has 1 rings (SSSR count). The number of carbonyl (C=O) groups excluding carboxylic acids is 1. The Bertz CT molecular complexity index is 555. The van der Waals surface area contributed by atoms with Gasteiger partial charge in [-0.15, -0.1) is 24.0 Å². The molecule has 1 aromatic carbocycles. The average Bonchev–Trinajstić information content (AvgIpc) is 2.51. The van der Waals surface area contributed by atoms with Crippen molar-refractivity contribution in [2.24, 2.45) is 4.99 Å². The molecular formula is C19H34IN5O. The normalized spacial score (nSPS) is 13.0. The van der Waals surface area contributed by atoms with Crippen molar-refractivity contribution in [3.05, 3.63) is 35.9 Å². The molecule has 1 atom stereocenters.